The van der Waals surface area contributed by atoms with Gasteiger partial charge in [-0.05, 0) is 49.4 Å². The second kappa shape index (κ2) is 6.34. The predicted molar refractivity (Wildman–Crippen MR) is 74.6 cm³/mol. The molecule has 0 aliphatic rings. The van der Waals surface area contributed by atoms with Crippen LogP contribution in [0, 0.1) is 5.82 Å². The van der Waals surface area contributed by atoms with Crippen LogP contribution in [0.4, 0.5) is 4.39 Å². The van der Waals surface area contributed by atoms with Crippen molar-refractivity contribution in [2.24, 2.45) is 0 Å². The van der Waals surface area contributed by atoms with Crippen molar-refractivity contribution in [2.45, 2.75) is 19.6 Å². The minimum absolute atomic E-state index is 0.228. The summed E-state index contributed by atoms with van der Waals surface area (Å²) in [7, 11) is 1.93. The maximum Gasteiger partial charge on any atom is 0.123 e. The third kappa shape index (κ3) is 3.80. The summed E-state index contributed by atoms with van der Waals surface area (Å²) >= 11 is 0. The van der Waals surface area contributed by atoms with Crippen molar-refractivity contribution >= 4 is 0 Å². The van der Waals surface area contributed by atoms with E-state index in [1.54, 1.807) is 12.1 Å². The van der Waals surface area contributed by atoms with Gasteiger partial charge < -0.3 is 10.1 Å². The normalized spacial score (nSPS) is 12.2. The van der Waals surface area contributed by atoms with Crippen LogP contribution < -0.4 is 10.1 Å². The van der Waals surface area contributed by atoms with Crippen molar-refractivity contribution in [2.75, 3.05) is 7.05 Å². The van der Waals surface area contributed by atoms with E-state index >= 15 is 0 Å². The molecular weight excluding hydrogens is 241 g/mol. The summed E-state index contributed by atoms with van der Waals surface area (Å²) in [5.41, 5.74) is 2.17. The van der Waals surface area contributed by atoms with Gasteiger partial charge in [0.2, 0.25) is 0 Å². The topological polar surface area (TPSA) is 21.3 Å². The van der Waals surface area contributed by atoms with E-state index in [1.165, 1.54) is 17.7 Å². The summed E-state index contributed by atoms with van der Waals surface area (Å²) in [6.45, 7) is 2.55. The third-order valence-electron chi connectivity index (χ3n) is 3.13. The van der Waals surface area contributed by atoms with Gasteiger partial charge in [-0.15, -0.1) is 0 Å². The maximum absolute atomic E-state index is 12.8. The number of halogens is 1. The van der Waals surface area contributed by atoms with Crippen molar-refractivity contribution in [1.82, 2.24) is 5.32 Å². The molecule has 1 unspecified atom stereocenters. The fraction of sp³-hybridized carbons (Fsp3) is 0.250. The van der Waals surface area contributed by atoms with E-state index in [-0.39, 0.29) is 5.82 Å². The van der Waals surface area contributed by atoms with Gasteiger partial charge in [-0.2, -0.15) is 0 Å². The Bertz CT molecular complexity index is 507. The number of hydrogen-bond donors (Lipinski definition) is 1. The van der Waals surface area contributed by atoms with Gasteiger partial charge >= 0.3 is 0 Å². The van der Waals surface area contributed by atoms with E-state index in [4.69, 9.17) is 4.74 Å². The van der Waals surface area contributed by atoms with Gasteiger partial charge in [0.25, 0.3) is 0 Å². The molecule has 100 valence electrons. The predicted octanol–water partition coefficient (Wildman–Crippen LogP) is 3.69. The molecule has 0 amide bonds. The molecule has 2 aromatic carbocycles. The minimum Gasteiger partial charge on any atom is -0.489 e. The first-order valence-corrected chi connectivity index (χ1v) is 6.33. The number of hydrogen-bond acceptors (Lipinski definition) is 2. The van der Waals surface area contributed by atoms with Gasteiger partial charge in [0.15, 0.2) is 0 Å². The number of rotatable bonds is 5. The Morgan fingerprint density at radius 1 is 1.05 bits per heavy atom. The molecule has 0 bridgehead atoms. The summed E-state index contributed by atoms with van der Waals surface area (Å²) in [5, 5.41) is 3.19. The molecule has 0 saturated heterocycles. The fourth-order valence-electron chi connectivity index (χ4n) is 1.77. The van der Waals surface area contributed by atoms with Crippen LogP contribution in [0.2, 0.25) is 0 Å². The Morgan fingerprint density at radius 3 is 2.26 bits per heavy atom. The van der Waals surface area contributed by atoms with Crippen LogP contribution >= 0.6 is 0 Å². The zero-order chi connectivity index (χ0) is 13.7. The highest BCUT2D eigenvalue weighted by Gasteiger charge is 2.02. The molecule has 2 rings (SSSR count). The Hall–Kier alpha value is -1.87. The first-order chi connectivity index (χ1) is 9.19. The fourth-order valence-corrected chi connectivity index (χ4v) is 1.77. The van der Waals surface area contributed by atoms with Crippen LogP contribution in [0.1, 0.15) is 24.1 Å². The van der Waals surface area contributed by atoms with E-state index in [0.717, 1.165) is 11.3 Å². The smallest absolute Gasteiger partial charge is 0.123 e. The van der Waals surface area contributed by atoms with Crippen LogP contribution in [-0.4, -0.2) is 7.05 Å². The molecule has 1 atom stereocenters. The van der Waals surface area contributed by atoms with Crippen molar-refractivity contribution in [3.63, 3.8) is 0 Å². The standard InChI is InChI=1S/C16H18FNO/c1-12(18-2)14-5-9-16(10-6-14)19-11-13-3-7-15(17)8-4-13/h3-10,12,18H,11H2,1-2H3. The SMILES string of the molecule is CNC(C)c1ccc(OCc2ccc(F)cc2)cc1. The number of ether oxygens (including phenoxy) is 1. The van der Waals surface area contributed by atoms with Gasteiger partial charge in [0.05, 0.1) is 0 Å². The van der Waals surface area contributed by atoms with Crippen LogP contribution in [0.5, 0.6) is 5.75 Å². The largest absolute Gasteiger partial charge is 0.489 e. The van der Waals surface area contributed by atoms with Gasteiger partial charge in [-0.3, -0.25) is 0 Å². The van der Waals surface area contributed by atoms with Crippen molar-refractivity contribution < 1.29 is 9.13 Å². The number of benzene rings is 2. The molecule has 0 aliphatic carbocycles. The van der Waals surface area contributed by atoms with Crippen molar-refractivity contribution in [1.29, 1.82) is 0 Å². The Balaban J connectivity index is 1.94. The highest BCUT2D eigenvalue weighted by Crippen LogP contribution is 2.18. The monoisotopic (exact) mass is 259 g/mol. The molecule has 19 heavy (non-hydrogen) atoms. The van der Waals surface area contributed by atoms with E-state index in [2.05, 4.69) is 12.2 Å². The van der Waals surface area contributed by atoms with Crippen molar-refractivity contribution in [3.05, 3.63) is 65.5 Å². The Labute approximate surface area is 113 Å². The highest BCUT2D eigenvalue weighted by molar-refractivity contribution is 5.29. The molecule has 1 N–H and O–H groups in total. The molecule has 0 heterocycles. The second-order valence-corrected chi connectivity index (χ2v) is 4.49. The molecule has 0 fully saturated rings. The molecule has 0 aliphatic heterocycles. The Kier molecular flexibility index (Phi) is 4.53. The van der Waals surface area contributed by atoms with Crippen LogP contribution in [0.3, 0.4) is 0 Å². The molecule has 0 aromatic heterocycles. The van der Waals surface area contributed by atoms with Crippen molar-refractivity contribution in [3.8, 4) is 5.75 Å². The van der Waals surface area contributed by atoms with Gasteiger partial charge in [-0.1, -0.05) is 24.3 Å². The lowest BCUT2D eigenvalue weighted by atomic mass is 10.1. The molecule has 0 saturated carbocycles. The number of nitrogens with one attached hydrogen (secondary N) is 1. The molecule has 2 aromatic rings. The lowest BCUT2D eigenvalue weighted by Gasteiger charge is -2.11. The molecule has 3 heteroatoms. The molecule has 0 radical (unpaired) electrons. The van der Waals surface area contributed by atoms with Gasteiger partial charge in [0.1, 0.15) is 18.2 Å². The lowest BCUT2D eigenvalue weighted by molar-refractivity contribution is 0.306. The highest BCUT2D eigenvalue weighted by atomic mass is 19.1. The van der Waals surface area contributed by atoms with Gasteiger partial charge in [0, 0.05) is 6.04 Å². The maximum atomic E-state index is 12.8. The second-order valence-electron chi connectivity index (χ2n) is 4.49. The average molecular weight is 259 g/mol. The van der Waals surface area contributed by atoms with Crippen LogP contribution in [0.15, 0.2) is 48.5 Å². The van der Waals surface area contributed by atoms with E-state index in [1.807, 2.05) is 31.3 Å². The van der Waals surface area contributed by atoms with E-state index < -0.39 is 0 Å². The summed E-state index contributed by atoms with van der Waals surface area (Å²) in [5.74, 6) is 0.588. The van der Waals surface area contributed by atoms with Crippen LogP contribution in [-0.2, 0) is 6.61 Å². The Morgan fingerprint density at radius 2 is 1.68 bits per heavy atom. The molecule has 2 nitrogen and oxygen atoms in total. The molecular formula is C16H18FNO. The van der Waals surface area contributed by atoms with E-state index in [9.17, 15) is 4.39 Å². The van der Waals surface area contributed by atoms with Gasteiger partial charge in [-0.25, -0.2) is 4.39 Å². The summed E-state index contributed by atoms with van der Waals surface area (Å²) in [4.78, 5) is 0. The summed E-state index contributed by atoms with van der Waals surface area (Å²) in [6, 6.07) is 14.7. The first-order valence-electron chi connectivity index (χ1n) is 6.33. The third-order valence-corrected chi connectivity index (χ3v) is 3.13. The summed E-state index contributed by atoms with van der Waals surface area (Å²) in [6.07, 6.45) is 0. The van der Waals surface area contributed by atoms with Crippen LogP contribution in [0.25, 0.3) is 0 Å². The van der Waals surface area contributed by atoms with E-state index in [0.29, 0.717) is 12.6 Å². The zero-order valence-electron chi connectivity index (χ0n) is 11.2. The lowest BCUT2D eigenvalue weighted by Crippen LogP contribution is -2.11. The molecule has 0 spiro atoms. The average Bonchev–Trinajstić information content (AvgIpc) is 2.46. The zero-order valence-corrected chi connectivity index (χ0v) is 11.2. The quantitative estimate of drug-likeness (QED) is 0.884. The minimum atomic E-state index is -0.228. The first kappa shape index (κ1) is 13.6. The summed E-state index contributed by atoms with van der Waals surface area (Å²) < 4.78 is 18.4.